The molecule has 0 aliphatic rings. The molecule has 1 heterocycles. The van der Waals surface area contributed by atoms with Crippen molar-refractivity contribution in [1.29, 1.82) is 0 Å². The van der Waals surface area contributed by atoms with Crippen molar-refractivity contribution in [1.82, 2.24) is 10.3 Å². The lowest BCUT2D eigenvalue weighted by Gasteiger charge is -2.13. The molecule has 0 bridgehead atoms. The molecule has 5 heteroatoms. The Morgan fingerprint density at radius 1 is 1.37 bits per heavy atom. The largest absolute Gasteiger partial charge is 0.344 e. The predicted molar refractivity (Wildman–Crippen MR) is 74.2 cm³/mol. The van der Waals surface area contributed by atoms with E-state index in [9.17, 15) is 9.18 Å². The fraction of sp³-hybridized carbons (Fsp3) is 0.143. The van der Waals surface area contributed by atoms with Crippen molar-refractivity contribution in [3.05, 3.63) is 64.1 Å². The molecule has 0 radical (unpaired) electrons. The minimum Gasteiger partial charge on any atom is -0.344 e. The molecule has 0 aliphatic heterocycles. The maximum absolute atomic E-state index is 13.6. The van der Waals surface area contributed by atoms with Gasteiger partial charge >= 0.3 is 0 Å². The van der Waals surface area contributed by atoms with Gasteiger partial charge < -0.3 is 5.32 Å². The van der Waals surface area contributed by atoms with Crippen molar-refractivity contribution in [2.75, 3.05) is 0 Å². The zero-order chi connectivity index (χ0) is 13.8. The first kappa shape index (κ1) is 13.7. The number of hydrogen-bond acceptors (Lipinski definition) is 2. The highest BCUT2D eigenvalue weighted by Crippen LogP contribution is 2.17. The molecule has 98 valence electrons. The summed E-state index contributed by atoms with van der Waals surface area (Å²) in [6.07, 6.45) is 1.65. The number of amides is 1. The highest BCUT2D eigenvalue weighted by molar-refractivity contribution is 9.10. The fourth-order valence-corrected chi connectivity index (χ4v) is 2.01. The molecule has 1 N–H and O–H groups in total. The maximum Gasteiger partial charge on any atom is 0.254 e. The SMILES string of the molecule is CC(NC(=O)c1cc(Br)ccc1F)c1ccccn1. The smallest absolute Gasteiger partial charge is 0.254 e. The number of carbonyl (C=O) groups excluding carboxylic acids is 1. The van der Waals surface area contributed by atoms with Gasteiger partial charge in [0, 0.05) is 10.7 Å². The van der Waals surface area contributed by atoms with Crippen LogP contribution in [0.4, 0.5) is 4.39 Å². The van der Waals surface area contributed by atoms with Crippen LogP contribution < -0.4 is 5.32 Å². The summed E-state index contributed by atoms with van der Waals surface area (Å²) < 4.78 is 14.2. The van der Waals surface area contributed by atoms with E-state index in [1.165, 1.54) is 12.1 Å². The van der Waals surface area contributed by atoms with E-state index in [0.717, 1.165) is 5.69 Å². The molecule has 1 aromatic carbocycles. The molecular weight excluding hydrogens is 311 g/mol. The van der Waals surface area contributed by atoms with E-state index in [-0.39, 0.29) is 11.6 Å². The normalized spacial score (nSPS) is 11.9. The van der Waals surface area contributed by atoms with Crippen molar-refractivity contribution in [2.45, 2.75) is 13.0 Å². The fourth-order valence-electron chi connectivity index (χ4n) is 1.65. The Bertz CT molecular complexity index is 589. The van der Waals surface area contributed by atoms with Crippen LogP contribution in [-0.4, -0.2) is 10.9 Å². The number of aromatic nitrogens is 1. The monoisotopic (exact) mass is 322 g/mol. The first-order chi connectivity index (χ1) is 9.08. The van der Waals surface area contributed by atoms with Gasteiger partial charge in [-0.2, -0.15) is 0 Å². The molecule has 0 saturated heterocycles. The number of halogens is 2. The molecule has 0 saturated carbocycles. The topological polar surface area (TPSA) is 42.0 Å². The van der Waals surface area contributed by atoms with Gasteiger partial charge in [-0.05, 0) is 37.3 Å². The molecule has 0 aliphatic carbocycles. The van der Waals surface area contributed by atoms with Gasteiger partial charge in [0.15, 0.2) is 0 Å². The van der Waals surface area contributed by atoms with Crippen molar-refractivity contribution in [2.24, 2.45) is 0 Å². The number of hydrogen-bond donors (Lipinski definition) is 1. The number of carbonyl (C=O) groups is 1. The molecular formula is C14H12BrFN2O. The second-order valence-corrected chi connectivity index (χ2v) is 4.99. The minimum atomic E-state index is -0.547. The van der Waals surface area contributed by atoms with Gasteiger partial charge in [0.2, 0.25) is 0 Å². The van der Waals surface area contributed by atoms with Crippen molar-refractivity contribution < 1.29 is 9.18 Å². The average molecular weight is 323 g/mol. The molecule has 3 nitrogen and oxygen atoms in total. The first-order valence-corrected chi connectivity index (χ1v) is 6.54. The van der Waals surface area contributed by atoms with Crippen LogP contribution >= 0.6 is 15.9 Å². The molecule has 1 aromatic heterocycles. The molecule has 2 aromatic rings. The Balaban J connectivity index is 2.15. The number of pyridine rings is 1. The van der Waals surface area contributed by atoms with E-state index >= 15 is 0 Å². The Labute approximate surface area is 119 Å². The third kappa shape index (κ3) is 3.38. The van der Waals surface area contributed by atoms with E-state index in [1.54, 1.807) is 25.3 Å². The van der Waals surface area contributed by atoms with Gasteiger partial charge in [-0.1, -0.05) is 22.0 Å². The van der Waals surface area contributed by atoms with Crippen molar-refractivity contribution in [3.63, 3.8) is 0 Å². The summed E-state index contributed by atoms with van der Waals surface area (Å²) in [6, 6.07) is 9.42. The van der Waals surface area contributed by atoms with Crippen LogP contribution in [0, 0.1) is 5.82 Å². The molecule has 1 amide bonds. The van der Waals surface area contributed by atoms with Gasteiger partial charge in [-0.25, -0.2) is 4.39 Å². The van der Waals surface area contributed by atoms with Gasteiger partial charge in [-0.3, -0.25) is 9.78 Å². The van der Waals surface area contributed by atoms with Crippen LogP contribution in [0.25, 0.3) is 0 Å². The van der Waals surface area contributed by atoms with E-state index in [2.05, 4.69) is 26.2 Å². The van der Waals surface area contributed by atoms with Gasteiger partial charge in [0.25, 0.3) is 5.91 Å². The lowest BCUT2D eigenvalue weighted by molar-refractivity contribution is 0.0935. The standard InChI is InChI=1S/C14H12BrFN2O/c1-9(13-4-2-3-7-17-13)18-14(19)11-8-10(15)5-6-12(11)16/h2-9H,1H3,(H,18,19). The van der Waals surface area contributed by atoms with E-state index in [1.807, 2.05) is 12.1 Å². The summed E-state index contributed by atoms with van der Waals surface area (Å²) in [5, 5.41) is 2.72. The van der Waals surface area contributed by atoms with Gasteiger partial charge in [0.05, 0.1) is 17.3 Å². The maximum atomic E-state index is 13.6. The Morgan fingerprint density at radius 3 is 2.84 bits per heavy atom. The van der Waals surface area contributed by atoms with E-state index < -0.39 is 11.7 Å². The summed E-state index contributed by atoms with van der Waals surface area (Å²) in [4.78, 5) is 16.1. The van der Waals surface area contributed by atoms with Crippen LogP contribution in [0.15, 0.2) is 47.1 Å². The number of nitrogens with zero attached hydrogens (tertiary/aromatic N) is 1. The Morgan fingerprint density at radius 2 is 2.16 bits per heavy atom. The van der Waals surface area contributed by atoms with Gasteiger partial charge in [0.1, 0.15) is 5.82 Å². The molecule has 0 spiro atoms. The molecule has 2 rings (SSSR count). The summed E-state index contributed by atoms with van der Waals surface area (Å²) in [5.41, 5.74) is 0.739. The third-order valence-electron chi connectivity index (χ3n) is 2.65. The van der Waals surface area contributed by atoms with Crippen LogP contribution in [-0.2, 0) is 0 Å². The average Bonchev–Trinajstić information content (AvgIpc) is 2.42. The quantitative estimate of drug-likeness (QED) is 0.940. The van der Waals surface area contributed by atoms with Crippen molar-refractivity contribution >= 4 is 21.8 Å². The number of benzene rings is 1. The summed E-state index contributed by atoms with van der Waals surface area (Å²) in [5.74, 6) is -1.01. The lowest BCUT2D eigenvalue weighted by Crippen LogP contribution is -2.28. The number of rotatable bonds is 3. The van der Waals surface area contributed by atoms with E-state index in [4.69, 9.17) is 0 Å². The summed E-state index contributed by atoms with van der Waals surface area (Å²) in [6.45, 7) is 1.80. The molecule has 19 heavy (non-hydrogen) atoms. The van der Waals surface area contributed by atoms with Crippen LogP contribution in [0.2, 0.25) is 0 Å². The second-order valence-electron chi connectivity index (χ2n) is 4.07. The highest BCUT2D eigenvalue weighted by atomic mass is 79.9. The Kier molecular flexibility index (Phi) is 4.27. The second kappa shape index (κ2) is 5.93. The van der Waals surface area contributed by atoms with Gasteiger partial charge in [-0.15, -0.1) is 0 Å². The Hall–Kier alpha value is -1.75. The lowest BCUT2D eigenvalue weighted by atomic mass is 10.1. The molecule has 1 unspecified atom stereocenters. The molecule has 1 atom stereocenters. The summed E-state index contributed by atoms with van der Waals surface area (Å²) >= 11 is 3.22. The van der Waals surface area contributed by atoms with Crippen LogP contribution in [0.3, 0.4) is 0 Å². The van der Waals surface area contributed by atoms with Crippen LogP contribution in [0.1, 0.15) is 29.0 Å². The zero-order valence-corrected chi connectivity index (χ0v) is 11.8. The predicted octanol–water partition coefficient (Wildman–Crippen LogP) is 3.47. The summed E-state index contributed by atoms with van der Waals surface area (Å²) in [7, 11) is 0. The minimum absolute atomic E-state index is 0.0113. The third-order valence-corrected chi connectivity index (χ3v) is 3.15. The van der Waals surface area contributed by atoms with Crippen LogP contribution in [0.5, 0.6) is 0 Å². The molecule has 0 fully saturated rings. The van der Waals surface area contributed by atoms with E-state index in [0.29, 0.717) is 4.47 Å². The zero-order valence-electron chi connectivity index (χ0n) is 10.2. The van der Waals surface area contributed by atoms with Crippen molar-refractivity contribution in [3.8, 4) is 0 Å². The highest BCUT2D eigenvalue weighted by Gasteiger charge is 2.15. The first-order valence-electron chi connectivity index (χ1n) is 5.75. The number of nitrogens with one attached hydrogen (secondary N) is 1.